The van der Waals surface area contributed by atoms with E-state index in [0.29, 0.717) is 22.0 Å². The van der Waals surface area contributed by atoms with Gasteiger partial charge in [0.1, 0.15) is 10.8 Å². The van der Waals surface area contributed by atoms with Crippen LogP contribution in [0.2, 0.25) is 0 Å². The van der Waals surface area contributed by atoms with Gasteiger partial charge in [-0.1, -0.05) is 13.8 Å². The number of anilines is 1. The van der Waals surface area contributed by atoms with Gasteiger partial charge in [0.15, 0.2) is 18.3 Å². The largest absolute Gasteiger partial charge is 0.482 e. The molecule has 1 unspecified atom stereocenters. The van der Waals surface area contributed by atoms with Crippen LogP contribution in [0, 0.1) is 11.3 Å². The second kappa shape index (κ2) is 6.42. The normalized spacial score (nSPS) is 14.3. The van der Waals surface area contributed by atoms with Gasteiger partial charge in [0.05, 0.1) is 17.5 Å². The maximum atomic E-state index is 12.7. The predicted octanol–water partition coefficient (Wildman–Crippen LogP) is 3.09. The summed E-state index contributed by atoms with van der Waals surface area (Å²) in [5.41, 5.74) is 1.75. The number of aromatic nitrogens is 1. The molecule has 0 fully saturated rings. The molecule has 6 nitrogen and oxygen atoms in total. The van der Waals surface area contributed by atoms with Crippen molar-refractivity contribution in [3.63, 3.8) is 0 Å². The number of ketones is 1. The van der Waals surface area contributed by atoms with E-state index in [1.807, 2.05) is 25.3 Å². The first-order valence-electron chi connectivity index (χ1n) is 7.45. The summed E-state index contributed by atoms with van der Waals surface area (Å²) in [6, 6.07) is 6.79. The van der Waals surface area contributed by atoms with Crippen LogP contribution >= 0.6 is 11.3 Å². The molecule has 24 heavy (non-hydrogen) atoms. The molecule has 1 aliphatic heterocycles. The van der Waals surface area contributed by atoms with Crippen molar-refractivity contribution in [1.82, 2.24) is 4.98 Å². The summed E-state index contributed by atoms with van der Waals surface area (Å²) in [5, 5.41) is 14.5. The summed E-state index contributed by atoms with van der Waals surface area (Å²) >= 11 is 1.32. The number of Topliss-reactive ketones (excluding diaryl/α,β-unsaturated/α-hetero) is 1. The van der Waals surface area contributed by atoms with Crippen LogP contribution in [0.1, 0.15) is 46.7 Å². The second-order valence-corrected chi connectivity index (χ2v) is 6.63. The van der Waals surface area contributed by atoms with Crippen molar-refractivity contribution in [3.8, 4) is 11.8 Å². The van der Waals surface area contributed by atoms with Crippen molar-refractivity contribution in [2.75, 3.05) is 11.9 Å². The third-order valence-electron chi connectivity index (χ3n) is 3.67. The minimum absolute atomic E-state index is 0.0868. The van der Waals surface area contributed by atoms with Gasteiger partial charge in [0.2, 0.25) is 0 Å². The fraction of sp³-hybridized carbons (Fsp3) is 0.294. The van der Waals surface area contributed by atoms with E-state index in [-0.39, 0.29) is 24.2 Å². The fourth-order valence-electron chi connectivity index (χ4n) is 2.32. The maximum Gasteiger partial charge on any atom is 0.262 e. The van der Waals surface area contributed by atoms with E-state index in [4.69, 9.17) is 4.74 Å². The van der Waals surface area contributed by atoms with E-state index in [9.17, 15) is 14.9 Å². The van der Waals surface area contributed by atoms with Crippen LogP contribution in [0.25, 0.3) is 0 Å². The lowest BCUT2D eigenvalue weighted by Crippen LogP contribution is -2.25. The summed E-state index contributed by atoms with van der Waals surface area (Å²) in [6.07, 6.45) is 0. The molecule has 2 heterocycles. The molecule has 0 aliphatic carbocycles. The highest BCUT2D eigenvalue weighted by Gasteiger charge is 2.27. The number of nitrogens with one attached hydrogen (secondary N) is 1. The molecule has 1 aromatic heterocycles. The number of amides is 1. The molecule has 1 atom stereocenters. The minimum Gasteiger partial charge on any atom is -0.482 e. The molecule has 1 aliphatic rings. The number of rotatable bonds is 4. The molecule has 1 aromatic carbocycles. The molecule has 122 valence electrons. The van der Waals surface area contributed by atoms with Crippen molar-refractivity contribution in [1.29, 1.82) is 5.26 Å². The Kier molecular flexibility index (Phi) is 4.32. The van der Waals surface area contributed by atoms with Crippen LogP contribution in [-0.2, 0) is 4.79 Å². The zero-order valence-electron chi connectivity index (χ0n) is 13.2. The van der Waals surface area contributed by atoms with E-state index in [1.165, 1.54) is 11.3 Å². The highest BCUT2D eigenvalue weighted by Crippen LogP contribution is 2.32. The number of nitriles is 1. The highest BCUT2D eigenvalue weighted by molar-refractivity contribution is 7.10. The molecule has 7 heteroatoms. The zero-order valence-corrected chi connectivity index (χ0v) is 14.0. The van der Waals surface area contributed by atoms with E-state index in [1.54, 1.807) is 18.2 Å². The number of nitrogens with zero attached hydrogens (tertiary/aromatic N) is 2. The third-order valence-corrected chi connectivity index (χ3v) is 4.60. The summed E-state index contributed by atoms with van der Waals surface area (Å²) in [5.74, 6) is -0.839. The van der Waals surface area contributed by atoms with E-state index in [0.717, 1.165) is 5.69 Å². The Morgan fingerprint density at radius 1 is 1.46 bits per heavy atom. The lowest BCUT2D eigenvalue weighted by molar-refractivity contribution is -0.118. The Labute approximate surface area is 143 Å². The van der Waals surface area contributed by atoms with E-state index >= 15 is 0 Å². The Morgan fingerprint density at radius 3 is 2.92 bits per heavy atom. The van der Waals surface area contributed by atoms with Crippen molar-refractivity contribution in [2.45, 2.75) is 25.7 Å². The van der Waals surface area contributed by atoms with E-state index < -0.39 is 5.92 Å². The summed E-state index contributed by atoms with van der Waals surface area (Å²) in [4.78, 5) is 28.4. The average molecular weight is 341 g/mol. The molecule has 0 radical (unpaired) electrons. The first kappa shape index (κ1) is 16.1. The Morgan fingerprint density at radius 2 is 2.25 bits per heavy atom. The topological polar surface area (TPSA) is 92.1 Å². The van der Waals surface area contributed by atoms with Gasteiger partial charge in [0, 0.05) is 10.9 Å². The molecule has 1 N–H and O–H groups in total. The van der Waals surface area contributed by atoms with E-state index in [2.05, 4.69) is 10.3 Å². The minimum atomic E-state index is -0.946. The quantitative estimate of drug-likeness (QED) is 0.863. The maximum absolute atomic E-state index is 12.7. The van der Waals surface area contributed by atoms with Crippen LogP contribution in [-0.4, -0.2) is 23.3 Å². The standard InChI is InChI=1S/C17H15N3O3S/c1-9(2)13-8-24-17(20-13)11(6-18)16(22)10-3-4-12-14(5-10)23-7-15(21)19-12/h3-5,8-9,11H,7H2,1-2H3,(H,19,21). The number of benzene rings is 1. The van der Waals surface area contributed by atoms with Crippen molar-refractivity contribution >= 4 is 28.7 Å². The lowest BCUT2D eigenvalue weighted by Gasteiger charge is -2.18. The van der Waals surface area contributed by atoms with Gasteiger partial charge in [-0.2, -0.15) is 5.26 Å². The van der Waals surface area contributed by atoms with Crippen LogP contribution in [0.3, 0.4) is 0 Å². The van der Waals surface area contributed by atoms with Crippen LogP contribution in [0.4, 0.5) is 5.69 Å². The molecule has 2 aromatic rings. The number of hydrogen-bond donors (Lipinski definition) is 1. The first-order chi connectivity index (χ1) is 11.5. The zero-order chi connectivity index (χ0) is 17.3. The summed E-state index contributed by atoms with van der Waals surface area (Å²) in [7, 11) is 0. The molecule has 1 amide bonds. The number of fused-ring (bicyclic) bond motifs is 1. The van der Waals surface area contributed by atoms with Gasteiger partial charge in [-0.15, -0.1) is 11.3 Å². The molecular formula is C17H15N3O3S. The molecule has 0 saturated heterocycles. The Bertz CT molecular complexity index is 851. The fourth-order valence-corrected chi connectivity index (χ4v) is 3.34. The smallest absolute Gasteiger partial charge is 0.262 e. The first-order valence-corrected chi connectivity index (χ1v) is 8.33. The number of carbonyl (C=O) groups is 2. The van der Waals surface area contributed by atoms with Gasteiger partial charge in [-0.3, -0.25) is 9.59 Å². The van der Waals surface area contributed by atoms with Crippen molar-refractivity contribution < 1.29 is 14.3 Å². The van der Waals surface area contributed by atoms with Crippen molar-refractivity contribution in [2.24, 2.45) is 0 Å². The Balaban J connectivity index is 1.89. The third kappa shape index (κ3) is 3.01. The van der Waals surface area contributed by atoms with Gasteiger partial charge >= 0.3 is 0 Å². The predicted molar refractivity (Wildman–Crippen MR) is 89.5 cm³/mol. The van der Waals surface area contributed by atoms with Gasteiger partial charge in [-0.05, 0) is 24.1 Å². The van der Waals surface area contributed by atoms with Crippen molar-refractivity contribution in [3.05, 3.63) is 39.8 Å². The number of thiazole rings is 1. The number of carbonyl (C=O) groups excluding carboxylic acids is 2. The van der Waals surface area contributed by atoms with Gasteiger partial charge in [0.25, 0.3) is 5.91 Å². The summed E-state index contributed by atoms with van der Waals surface area (Å²) in [6.45, 7) is 3.94. The lowest BCUT2D eigenvalue weighted by atomic mass is 9.98. The SMILES string of the molecule is CC(C)c1csc(C(C#N)C(=O)c2ccc3c(c2)OCC(=O)N3)n1. The molecular weight excluding hydrogens is 326 g/mol. The summed E-state index contributed by atoms with van der Waals surface area (Å²) < 4.78 is 5.32. The number of hydrogen-bond acceptors (Lipinski definition) is 6. The van der Waals surface area contributed by atoms with Gasteiger partial charge in [-0.25, -0.2) is 4.98 Å². The van der Waals surface area contributed by atoms with Crippen LogP contribution in [0.5, 0.6) is 5.75 Å². The molecule has 0 spiro atoms. The average Bonchev–Trinajstić information content (AvgIpc) is 3.05. The Hall–Kier alpha value is -2.72. The monoisotopic (exact) mass is 341 g/mol. The van der Waals surface area contributed by atoms with Crippen LogP contribution in [0.15, 0.2) is 23.6 Å². The molecule has 0 saturated carbocycles. The van der Waals surface area contributed by atoms with Crippen LogP contribution < -0.4 is 10.1 Å². The second-order valence-electron chi connectivity index (χ2n) is 5.74. The molecule has 0 bridgehead atoms. The molecule has 3 rings (SSSR count). The van der Waals surface area contributed by atoms with Gasteiger partial charge < -0.3 is 10.1 Å². The number of ether oxygens (including phenoxy) is 1. The highest BCUT2D eigenvalue weighted by atomic mass is 32.1.